The van der Waals surface area contributed by atoms with E-state index in [0.29, 0.717) is 21.9 Å². The van der Waals surface area contributed by atoms with Crippen molar-refractivity contribution in [3.63, 3.8) is 0 Å². The number of rotatable bonds is 5. The largest absolute Gasteiger partial charge is 0.394 e. The van der Waals surface area contributed by atoms with Gasteiger partial charge in [0.2, 0.25) is 0 Å². The predicted octanol–water partition coefficient (Wildman–Crippen LogP) is 3.36. The van der Waals surface area contributed by atoms with Crippen molar-refractivity contribution in [2.24, 2.45) is 0 Å². The second-order valence-electron chi connectivity index (χ2n) is 9.54. The van der Waals surface area contributed by atoms with E-state index in [1.165, 1.54) is 10.9 Å². The van der Waals surface area contributed by atoms with Crippen LogP contribution in [0.4, 0.5) is 8.78 Å². The number of benzene rings is 2. The van der Waals surface area contributed by atoms with Gasteiger partial charge < -0.3 is 20.1 Å². The molecule has 0 aliphatic carbocycles. The van der Waals surface area contributed by atoms with Crippen LogP contribution in [0.3, 0.4) is 0 Å². The van der Waals surface area contributed by atoms with Gasteiger partial charge >= 0.3 is 0 Å². The number of nitrogens with zero attached hydrogens (tertiary/aromatic N) is 7. The molecular weight excluding hydrogens is 583 g/mol. The van der Waals surface area contributed by atoms with Crippen LogP contribution in [0.15, 0.2) is 48.9 Å². The van der Waals surface area contributed by atoms with Crippen molar-refractivity contribution in [3.8, 4) is 16.9 Å². The summed E-state index contributed by atoms with van der Waals surface area (Å²) in [5.74, 6) is -1.45. The molecule has 0 amide bonds. The van der Waals surface area contributed by atoms with Crippen LogP contribution in [0.25, 0.3) is 27.7 Å². The highest BCUT2D eigenvalue weighted by Crippen LogP contribution is 2.39. The minimum atomic E-state index is -1.49. The number of fused-ring (bicyclic) bond motifs is 1. The molecule has 5 aromatic rings. The van der Waals surface area contributed by atoms with E-state index in [2.05, 4.69) is 25.4 Å². The molecule has 15 heteroatoms. The molecule has 6 rings (SSSR count). The van der Waals surface area contributed by atoms with Gasteiger partial charge in [-0.2, -0.15) is 5.10 Å². The number of aromatic nitrogens is 7. The van der Waals surface area contributed by atoms with E-state index in [4.69, 9.17) is 27.9 Å². The van der Waals surface area contributed by atoms with Crippen molar-refractivity contribution >= 4 is 34.0 Å². The molecule has 0 unspecified atom stereocenters. The van der Waals surface area contributed by atoms with Crippen molar-refractivity contribution < 1.29 is 28.8 Å². The minimum Gasteiger partial charge on any atom is -0.394 e. The summed E-state index contributed by atoms with van der Waals surface area (Å²) in [7, 11) is 0. The Bertz CT molecular complexity index is 1740. The van der Waals surface area contributed by atoms with Gasteiger partial charge in [-0.25, -0.2) is 23.1 Å². The van der Waals surface area contributed by atoms with E-state index in [1.807, 2.05) is 0 Å². The molecule has 3 N–H and O–H groups in total. The van der Waals surface area contributed by atoms with Crippen molar-refractivity contribution in [3.05, 3.63) is 82.3 Å². The van der Waals surface area contributed by atoms with Gasteiger partial charge in [0, 0.05) is 28.4 Å². The van der Waals surface area contributed by atoms with Gasteiger partial charge in [-0.1, -0.05) is 28.4 Å². The number of aliphatic hydroxyl groups is 3. The molecule has 1 aliphatic rings. The summed E-state index contributed by atoms with van der Waals surface area (Å²) >= 11 is 12.0. The maximum atomic E-state index is 14.1. The molecule has 3 aromatic heterocycles. The summed E-state index contributed by atoms with van der Waals surface area (Å²) in [6, 6.07) is 6.00. The number of aryl methyl sites for hydroxylation is 1. The van der Waals surface area contributed by atoms with Crippen LogP contribution < -0.4 is 0 Å². The molecule has 5 atom stereocenters. The lowest BCUT2D eigenvalue weighted by atomic mass is 9.92. The highest BCUT2D eigenvalue weighted by Gasteiger charge is 2.48. The zero-order valence-electron chi connectivity index (χ0n) is 21.1. The molecule has 0 radical (unpaired) electrons. The number of aliphatic hydroxyl groups excluding tert-OH is 3. The molecule has 0 bridgehead atoms. The van der Waals surface area contributed by atoms with Crippen molar-refractivity contribution in [2.45, 2.75) is 37.4 Å². The van der Waals surface area contributed by atoms with Gasteiger partial charge in [0.05, 0.1) is 18.5 Å². The zero-order chi connectivity index (χ0) is 29.0. The van der Waals surface area contributed by atoms with Gasteiger partial charge in [-0.15, -0.1) is 5.10 Å². The van der Waals surface area contributed by atoms with Gasteiger partial charge in [0.25, 0.3) is 0 Å². The molecular formula is C26H21Cl2F2N7O4. The number of pyridine rings is 1. The second kappa shape index (κ2) is 10.7. The summed E-state index contributed by atoms with van der Waals surface area (Å²) in [6.07, 6.45) is -0.758. The smallest absolute Gasteiger partial charge is 0.164 e. The molecule has 2 aromatic carbocycles. The van der Waals surface area contributed by atoms with Crippen molar-refractivity contribution in [2.75, 3.05) is 6.61 Å². The van der Waals surface area contributed by atoms with Gasteiger partial charge in [-0.05, 0) is 42.6 Å². The Morgan fingerprint density at radius 2 is 1.83 bits per heavy atom. The Balaban J connectivity index is 1.43. The molecule has 1 fully saturated rings. The average Bonchev–Trinajstić information content (AvgIpc) is 3.58. The minimum absolute atomic E-state index is 0.0405. The third-order valence-corrected chi connectivity index (χ3v) is 7.49. The van der Waals surface area contributed by atoms with E-state index >= 15 is 0 Å². The second-order valence-corrected chi connectivity index (χ2v) is 10.4. The van der Waals surface area contributed by atoms with Crippen LogP contribution in [0.2, 0.25) is 10.0 Å². The van der Waals surface area contributed by atoms with E-state index in [0.717, 1.165) is 22.2 Å². The number of halogens is 4. The van der Waals surface area contributed by atoms with Crippen LogP contribution >= 0.6 is 23.2 Å². The molecule has 212 valence electrons. The fourth-order valence-corrected chi connectivity index (χ4v) is 5.33. The molecule has 11 nitrogen and oxygen atoms in total. The first-order valence-corrected chi connectivity index (χ1v) is 13.1. The molecule has 1 aliphatic heterocycles. The van der Waals surface area contributed by atoms with E-state index in [1.54, 1.807) is 37.5 Å². The number of hydrogen-bond donors (Lipinski definition) is 3. The lowest BCUT2D eigenvalue weighted by molar-refractivity contribution is -0.210. The third-order valence-electron chi connectivity index (χ3n) is 6.91. The number of ether oxygens (including phenoxy) is 1. The first kappa shape index (κ1) is 27.6. The summed E-state index contributed by atoms with van der Waals surface area (Å²) in [6.45, 7) is 1.05. The van der Waals surface area contributed by atoms with Crippen LogP contribution in [0.5, 0.6) is 0 Å². The fourth-order valence-electron chi connectivity index (χ4n) is 5.00. The van der Waals surface area contributed by atoms with Crippen LogP contribution in [-0.2, 0) is 4.74 Å². The first-order valence-electron chi connectivity index (χ1n) is 12.3. The Hall–Kier alpha value is -3.59. The highest BCUT2D eigenvalue weighted by atomic mass is 35.5. The van der Waals surface area contributed by atoms with Gasteiger partial charge in [0.1, 0.15) is 58.6 Å². The van der Waals surface area contributed by atoms with Crippen molar-refractivity contribution in [1.82, 2.24) is 34.7 Å². The molecule has 4 heterocycles. The lowest BCUT2D eigenvalue weighted by Crippen LogP contribution is -2.53. The maximum Gasteiger partial charge on any atom is 0.164 e. The van der Waals surface area contributed by atoms with Crippen LogP contribution in [0.1, 0.15) is 23.8 Å². The van der Waals surface area contributed by atoms with Crippen LogP contribution in [0, 0.1) is 18.6 Å². The van der Waals surface area contributed by atoms with Crippen LogP contribution in [-0.4, -0.2) is 75.0 Å². The van der Waals surface area contributed by atoms with Gasteiger partial charge in [0.15, 0.2) is 5.82 Å². The topological polar surface area (TPSA) is 144 Å². The van der Waals surface area contributed by atoms with E-state index in [9.17, 15) is 24.1 Å². The predicted molar refractivity (Wildman–Crippen MR) is 143 cm³/mol. The lowest BCUT2D eigenvalue weighted by Gasteiger charge is -2.41. The highest BCUT2D eigenvalue weighted by molar-refractivity contribution is 6.31. The van der Waals surface area contributed by atoms with Crippen molar-refractivity contribution in [1.29, 1.82) is 0 Å². The molecule has 0 saturated carbocycles. The third kappa shape index (κ3) is 4.84. The molecule has 41 heavy (non-hydrogen) atoms. The van der Waals surface area contributed by atoms with E-state index < -0.39 is 53.7 Å². The Morgan fingerprint density at radius 3 is 2.56 bits per heavy atom. The summed E-state index contributed by atoms with van der Waals surface area (Å²) in [4.78, 5) is 8.70. The zero-order valence-corrected chi connectivity index (χ0v) is 22.6. The summed E-state index contributed by atoms with van der Waals surface area (Å²) < 4.78 is 36.7. The van der Waals surface area contributed by atoms with E-state index in [-0.39, 0.29) is 17.1 Å². The molecule has 1 saturated heterocycles. The fraction of sp³-hybridized carbons (Fsp3) is 0.269. The van der Waals surface area contributed by atoms with Gasteiger partial charge in [-0.3, -0.25) is 4.98 Å². The summed E-state index contributed by atoms with van der Waals surface area (Å²) in [5.41, 5.74) is 0.614. The average molecular weight is 604 g/mol. The number of hydrogen-bond acceptors (Lipinski definition) is 9. The monoisotopic (exact) mass is 603 g/mol. The SMILES string of the molecule is Cc1nc([C@@H]2O[C@H](CO)[C@H](O)[C@H](n3cc(-c4cc(F)c(Cl)c(F)c4)nn3)[C@H]2O)n(-c2cc(Cl)cc3ccncc23)n1. The Labute approximate surface area is 240 Å². The summed E-state index contributed by atoms with van der Waals surface area (Å²) in [5, 5.41) is 46.4. The maximum absolute atomic E-state index is 14.1. The first-order chi connectivity index (χ1) is 19.7. The Morgan fingerprint density at radius 1 is 1.07 bits per heavy atom. The Kier molecular flexibility index (Phi) is 7.18. The quantitative estimate of drug-likeness (QED) is 0.257. The standard InChI is InChI=1S/C26H21Cl2F2N7O4/c1-11-32-26(37(34-11)19-7-14(27)4-12-2-3-31-8-15(12)19)25-24(40)22(23(39)20(10-38)41-25)36-9-18(33-35-36)13-5-16(29)21(28)17(30)6-13/h2-9,20,22-25,38-40H,10H2,1H3/t20-,22+,23+,24-,25-/m1/s1. The normalized spacial score (nSPS) is 22.9. The molecule has 0 spiro atoms.